The summed E-state index contributed by atoms with van der Waals surface area (Å²) in [5, 5.41) is 16.0. The van der Waals surface area contributed by atoms with E-state index in [-0.39, 0.29) is 37.6 Å². The van der Waals surface area contributed by atoms with E-state index in [4.69, 9.17) is 4.74 Å². The lowest BCUT2D eigenvalue weighted by Crippen LogP contribution is -2.35. The highest BCUT2D eigenvalue weighted by Gasteiger charge is 2.23. The first-order chi connectivity index (χ1) is 17.3. The number of aromatic hydroxyl groups is 1. The van der Waals surface area contributed by atoms with Gasteiger partial charge in [-0.15, -0.1) is 0 Å². The van der Waals surface area contributed by atoms with Crippen LogP contribution in [-0.2, 0) is 22.4 Å². The van der Waals surface area contributed by atoms with Crippen LogP contribution in [0.2, 0.25) is 0 Å². The number of nitrogens with zero attached hydrogens (tertiary/aromatic N) is 2. The molecule has 11 heteroatoms. The number of alkyl carbamates (subject to hydrolysis) is 1. The van der Waals surface area contributed by atoms with Crippen LogP contribution in [0.5, 0.6) is 5.75 Å². The molecule has 0 radical (unpaired) electrons. The average molecular weight is 501 g/mol. The van der Waals surface area contributed by atoms with Gasteiger partial charge < -0.3 is 29.8 Å². The van der Waals surface area contributed by atoms with Gasteiger partial charge in [0.15, 0.2) is 5.75 Å². The normalized spacial score (nSPS) is 10.9. The van der Waals surface area contributed by atoms with Crippen LogP contribution in [0.4, 0.5) is 9.18 Å². The molecule has 0 spiro atoms. The number of halogens is 1. The minimum absolute atomic E-state index is 0.0911. The van der Waals surface area contributed by atoms with E-state index in [0.717, 1.165) is 11.1 Å². The third kappa shape index (κ3) is 6.57. The molecule has 36 heavy (non-hydrogen) atoms. The lowest BCUT2D eigenvalue weighted by atomic mass is 10.1. The second-order valence-corrected chi connectivity index (χ2v) is 7.92. The van der Waals surface area contributed by atoms with Crippen LogP contribution >= 0.6 is 0 Å². The number of methoxy groups -OCH3 is 1. The SMILES string of the molecule is CCOCCNC(=O)c1c(O)c2ncc(Cc3ccc(F)cc3)cc2n(CCCNC(=O)OC)c1=O. The largest absolute Gasteiger partial charge is 0.505 e. The van der Waals surface area contributed by atoms with Crippen molar-refractivity contribution in [3.63, 3.8) is 0 Å². The van der Waals surface area contributed by atoms with Crippen molar-refractivity contribution in [1.82, 2.24) is 20.2 Å². The quantitative estimate of drug-likeness (QED) is 0.344. The van der Waals surface area contributed by atoms with E-state index in [0.29, 0.717) is 25.0 Å². The Kier molecular flexibility index (Phi) is 9.34. The number of fused-ring (bicyclic) bond motifs is 1. The summed E-state index contributed by atoms with van der Waals surface area (Å²) in [7, 11) is 1.25. The van der Waals surface area contributed by atoms with Crippen molar-refractivity contribution >= 4 is 23.0 Å². The van der Waals surface area contributed by atoms with Crippen LogP contribution in [0, 0.1) is 5.82 Å². The van der Waals surface area contributed by atoms with E-state index in [2.05, 4.69) is 20.4 Å². The summed E-state index contributed by atoms with van der Waals surface area (Å²) in [5.41, 5.74) is 0.882. The van der Waals surface area contributed by atoms with Gasteiger partial charge in [0.2, 0.25) is 0 Å². The molecule has 0 aliphatic heterocycles. The summed E-state index contributed by atoms with van der Waals surface area (Å²) in [4.78, 5) is 41.8. The standard InChI is InChI=1S/C25H29FN4O6/c1-3-36-12-10-27-23(32)20-22(31)21-19(30(24(20)33)11-4-9-28-25(34)35-2)14-17(15-29-21)13-16-5-7-18(26)8-6-16/h5-8,14-15,31H,3-4,9-13H2,1-2H3,(H,27,32)(H,28,34). The zero-order valence-corrected chi connectivity index (χ0v) is 20.2. The molecule has 0 unspecified atom stereocenters. The smallest absolute Gasteiger partial charge is 0.406 e. The third-order valence-electron chi connectivity index (χ3n) is 5.43. The number of carbonyl (C=O) groups is 2. The Morgan fingerprint density at radius 1 is 1.14 bits per heavy atom. The number of aryl methyl sites for hydroxylation is 1. The molecule has 192 valence electrons. The molecule has 0 saturated heterocycles. The Labute approximate surface area is 207 Å². The molecule has 2 aromatic heterocycles. The third-order valence-corrected chi connectivity index (χ3v) is 5.43. The van der Waals surface area contributed by atoms with Gasteiger partial charge in [-0.05, 0) is 49.1 Å². The molecular formula is C25H29FN4O6. The summed E-state index contributed by atoms with van der Waals surface area (Å²) in [6, 6.07) is 7.72. The van der Waals surface area contributed by atoms with Gasteiger partial charge in [-0.2, -0.15) is 0 Å². The number of aromatic nitrogens is 2. The van der Waals surface area contributed by atoms with E-state index in [1.165, 1.54) is 30.0 Å². The van der Waals surface area contributed by atoms with Crippen molar-refractivity contribution in [2.75, 3.05) is 33.4 Å². The molecule has 1 aromatic carbocycles. The number of nitrogens with one attached hydrogen (secondary N) is 2. The van der Waals surface area contributed by atoms with E-state index >= 15 is 0 Å². The second kappa shape index (κ2) is 12.6. The summed E-state index contributed by atoms with van der Waals surface area (Å²) in [6.45, 7) is 3.08. The fourth-order valence-corrected chi connectivity index (χ4v) is 3.68. The van der Waals surface area contributed by atoms with Crippen LogP contribution < -0.4 is 16.2 Å². The maximum Gasteiger partial charge on any atom is 0.406 e. The van der Waals surface area contributed by atoms with Gasteiger partial charge in [0.1, 0.15) is 16.9 Å². The van der Waals surface area contributed by atoms with Crippen molar-refractivity contribution in [3.05, 3.63) is 69.4 Å². The van der Waals surface area contributed by atoms with Crippen molar-refractivity contribution in [3.8, 4) is 5.75 Å². The number of hydrogen-bond acceptors (Lipinski definition) is 7. The van der Waals surface area contributed by atoms with Gasteiger partial charge in [0, 0.05) is 32.4 Å². The van der Waals surface area contributed by atoms with Crippen LogP contribution in [0.25, 0.3) is 11.0 Å². The summed E-state index contributed by atoms with van der Waals surface area (Å²) in [5.74, 6) is -1.60. The van der Waals surface area contributed by atoms with Gasteiger partial charge in [0.05, 0.1) is 19.2 Å². The summed E-state index contributed by atoms with van der Waals surface area (Å²) < 4.78 is 24.4. The van der Waals surface area contributed by atoms with Gasteiger partial charge in [-0.1, -0.05) is 12.1 Å². The minimum Gasteiger partial charge on any atom is -0.505 e. The van der Waals surface area contributed by atoms with Crippen LogP contribution in [0.15, 0.2) is 41.3 Å². The zero-order chi connectivity index (χ0) is 26.1. The van der Waals surface area contributed by atoms with Crippen molar-refractivity contribution in [2.24, 2.45) is 0 Å². The number of rotatable bonds is 11. The fraction of sp³-hybridized carbons (Fsp3) is 0.360. The van der Waals surface area contributed by atoms with Gasteiger partial charge in [-0.25, -0.2) is 9.18 Å². The maximum atomic E-state index is 13.4. The highest BCUT2D eigenvalue weighted by atomic mass is 19.1. The molecule has 3 aromatic rings. The van der Waals surface area contributed by atoms with E-state index in [9.17, 15) is 23.9 Å². The topological polar surface area (TPSA) is 132 Å². The average Bonchev–Trinajstić information content (AvgIpc) is 2.87. The molecule has 3 rings (SSSR count). The molecule has 3 N–H and O–H groups in total. The molecule has 2 heterocycles. The van der Waals surface area contributed by atoms with Gasteiger partial charge in [-0.3, -0.25) is 14.6 Å². The molecule has 2 amide bonds. The monoisotopic (exact) mass is 500 g/mol. The number of carbonyl (C=O) groups excluding carboxylic acids is 2. The first-order valence-corrected chi connectivity index (χ1v) is 11.5. The first kappa shape index (κ1) is 26.6. The van der Waals surface area contributed by atoms with Crippen LogP contribution in [0.3, 0.4) is 0 Å². The first-order valence-electron chi connectivity index (χ1n) is 11.5. The highest BCUT2D eigenvalue weighted by molar-refractivity contribution is 6.01. The predicted molar refractivity (Wildman–Crippen MR) is 131 cm³/mol. The Morgan fingerprint density at radius 3 is 2.58 bits per heavy atom. The van der Waals surface area contributed by atoms with E-state index < -0.39 is 28.9 Å². The molecular weight excluding hydrogens is 471 g/mol. The maximum absolute atomic E-state index is 13.4. The fourth-order valence-electron chi connectivity index (χ4n) is 3.68. The zero-order valence-electron chi connectivity index (χ0n) is 20.2. The molecule has 0 aliphatic rings. The predicted octanol–water partition coefficient (Wildman–Crippen LogP) is 2.34. The summed E-state index contributed by atoms with van der Waals surface area (Å²) in [6.07, 6.45) is 1.70. The Bertz CT molecular complexity index is 1280. The summed E-state index contributed by atoms with van der Waals surface area (Å²) >= 11 is 0. The Hall–Kier alpha value is -3.99. The van der Waals surface area contributed by atoms with Crippen LogP contribution in [-0.4, -0.2) is 60.1 Å². The number of benzene rings is 1. The molecule has 10 nitrogen and oxygen atoms in total. The number of ether oxygens (including phenoxy) is 2. The van der Waals surface area contributed by atoms with Crippen molar-refractivity contribution in [2.45, 2.75) is 26.3 Å². The molecule has 0 fully saturated rings. The van der Waals surface area contributed by atoms with Crippen LogP contribution in [0.1, 0.15) is 34.8 Å². The highest BCUT2D eigenvalue weighted by Crippen LogP contribution is 2.26. The number of amides is 2. The number of hydrogen-bond donors (Lipinski definition) is 3. The molecule has 0 bridgehead atoms. The minimum atomic E-state index is -0.738. The molecule has 0 aliphatic carbocycles. The second-order valence-electron chi connectivity index (χ2n) is 7.92. The Balaban J connectivity index is 1.98. The van der Waals surface area contributed by atoms with Gasteiger partial charge >= 0.3 is 6.09 Å². The van der Waals surface area contributed by atoms with Crippen molar-refractivity contribution < 1.29 is 28.6 Å². The lowest BCUT2D eigenvalue weighted by Gasteiger charge is -2.16. The number of pyridine rings is 2. The van der Waals surface area contributed by atoms with Gasteiger partial charge in [0.25, 0.3) is 11.5 Å². The lowest BCUT2D eigenvalue weighted by molar-refractivity contribution is 0.0918. The van der Waals surface area contributed by atoms with E-state index in [1.807, 2.05) is 6.92 Å². The van der Waals surface area contributed by atoms with E-state index in [1.54, 1.807) is 18.2 Å². The molecule has 0 atom stereocenters. The Morgan fingerprint density at radius 2 is 1.89 bits per heavy atom. The van der Waals surface area contributed by atoms with Crippen molar-refractivity contribution in [1.29, 1.82) is 0 Å². The molecule has 0 saturated carbocycles.